The van der Waals surface area contributed by atoms with Crippen LogP contribution in [0.1, 0.15) is 12.5 Å². The summed E-state index contributed by atoms with van der Waals surface area (Å²) in [4.78, 5) is 36.4. The Hall–Kier alpha value is -3.42. The quantitative estimate of drug-likeness (QED) is 0.442. The van der Waals surface area contributed by atoms with Crippen LogP contribution in [-0.4, -0.2) is 36.9 Å². The van der Waals surface area contributed by atoms with Crippen LogP contribution >= 0.6 is 0 Å². The van der Waals surface area contributed by atoms with Crippen LogP contribution in [-0.2, 0) is 16.0 Å². The minimum atomic E-state index is -0.865. The van der Waals surface area contributed by atoms with Gasteiger partial charge in [-0.2, -0.15) is 0 Å². The molecule has 2 amide bonds. The molecule has 0 bridgehead atoms. The van der Waals surface area contributed by atoms with E-state index in [2.05, 4.69) is 10.6 Å². The number of anilines is 2. The van der Waals surface area contributed by atoms with E-state index in [4.69, 9.17) is 0 Å². The molecule has 2 rings (SSSR count). The minimum absolute atomic E-state index is 0.0832. The summed E-state index contributed by atoms with van der Waals surface area (Å²) in [5.41, 5.74) is 1.69. The molecule has 0 aliphatic carbocycles. The molecule has 2 aromatic carbocycles. The molecule has 27 heavy (non-hydrogen) atoms. The van der Waals surface area contributed by atoms with Gasteiger partial charge in [0.05, 0.1) is 4.92 Å². The van der Waals surface area contributed by atoms with Crippen molar-refractivity contribution >= 4 is 28.9 Å². The molecular weight excluding hydrogens is 348 g/mol. The summed E-state index contributed by atoms with van der Waals surface area (Å²) in [6.07, 6.45) is 0.500. The predicted molar refractivity (Wildman–Crippen MR) is 104 cm³/mol. The van der Waals surface area contributed by atoms with Crippen molar-refractivity contribution in [1.29, 1.82) is 0 Å². The predicted octanol–water partition coefficient (Wildman–Crippen LogP) is 2.35. The summed E-state index contributed by atoms with van der Waals surface area (Å²) in [5, 5.41) is 16.0. The van der Waals surface area contributed by atoms with Crippen molar-refractivity contribution in [2.24, 2.45) is 0 Å². The van der Waals surface area contributed by atoms with Gasteiger partial charge in [-0.3, -0.25) is 19.7 Å². The van der Waals surface area contributed by atoms with Crippen LogP contribution in [0, 0.1) is 10.1 Å². The monoisotopic (exact) mass is 370 g/mol. The van der Waals surface area contributed by atoms with Crippen molar-refractivity contribution in [3.63, 3.8) is 0 Å². The number of para-hydroxylation sites is 1. The lowest BCUT2D eigenvalue weighted by atomic mass is 10.1. The molecule has 0 atom stereocenters. The van der Waals surface area contributed by atoms with Crippen LogP contribution in [0.5, 0.6) is 0 Å². The molecule has 8 nitrogen and oxygen atoms in total. The van der Waals surface area contributed by atoms with Crippen molar-refractivity contribution in [2.45, 2.75) is 13.3 Å². The first-order valence-electron chi connectivity index (χ1n) is 8.55. The fourth-order valence-electron chi connectivity index (χ4n) is 2.53. The first-order chi connectivity index (χ1) is 12.9. The number of amides is 2. The molecule has 0 saturated heterocycles. The zero-order valence-corrected chi connectivity index (χ0v) is 15.3. The van der Waals surface area contributed by atoms with Gasteiger partial charge in [-0.15, -0.1) is 0 Å². The standard InChI is InChI=1S/C19H22N4O4/c1-3-14-9-10-15(13-17(14)23(26)27)21-19(25)18(24)20-11-12-22(2)16-7-5-4-6-8-16/h4-10,13H,3,11-12H2,1-2H3,(H,20,24)(H,21,25). The van der Waals surface area contributed by atoms with Crippen molar-refractivity contribution in [1.82, 2.24) is 5.32 Å². The van der Waals surface area contributed by atoms with E-state index >= 15 is 0 Å². The Bertz CT molecular complexity index is 824. The summed E-state index contributed by atoms with van der Waals surface area (Å²) in [6, 6.07) is 14.0. The molecule has 0 fully saturated rings. The van der Waals surface area contributed by atoms with Gasteiger partial charge in [0.25, 0.3) is 5.69 Å². The lowest BCUT2D eigenvalue weighted by Gasteiger charge is -2.19. The summed E-state index contributed by atoms with van der Waals surface area (Å²) in [7, 11) is 1.88. The Morgan fingerprint density at radius 3 is 2.44 bits per heavy atom. The van der Waals surface area contributed by atoms with Gasteiger partial charge in [-0.1, -0.05) is 31.2 Å². The van der Waals surface area contributed by atoms with Crippen LogP contribution in [0.3, 0.4) is 0 Å². The molecular formula is C19H22N4O4. The van der Waals surface area contributed by atoms with Crippen molar-refractivity contribution in [3.8, 4) is 0 Å². The van der Waals surface area contributed by atoms with E-state index in [0.29, 0.717) is 18.5 Å². The van der Waals surface area contributed by atoms with Gasteiger partial charge in [-0.05, 0) is 24.6 Å². The average molecular weight is 370 g/mol. The average Bonchev–Trinajstić information content (AvgIpc) is 2.68. The Morgan fingerprint density at radius 1 is 1.11 bits per heavy atom. The Kier molecular flexibility index (Phi) is 6.87. The van der Waals surface area contributed by atoms with Gasteiger partial charge >= 0.3 is 11.8 Å². The molecule has 0 unspecified atom stereocenters. The zero-order chi connectivity index (χ0) is 19.8. The SMILES string of the molecule is CCc1ccc(NC(=O)C(=O)NCCN(C)c2ccccc2)cc1[N+](=O)[O-]. The number of carbonyl (C=O) groups excluding carboxylic acids is 2. The van der Waals surface area contributed by atoms with E-state index in [1.54, 1.807) is 19.1 Å². The van der Waals surface area contributed by atoms with Crippen molar-refractivity contribution in [3.05, 3.63) is 64.2 Å². The number of nitro benzene ring substituents is 1. The van der Waals surface area contributed by atoms with Gasteiger partial charge in [0.1, 0.15) is 0 Å². The lowest BCUT2D eigenvalue weighted by molar-refractivity contribution is -0.385. The smallest absolute Gasteiger partial charge is 0.313 e. The fraction of sp³-hybridized carbons (Fsp3) is 0.263. The van der Waals surface area contributed by atoms with Crippen LogP contribution in [0.15, 0.2) is 48.5 Å². The first kappa shape index (κ1) is 19.9. The lowest BCUT2D eigenvalue weighted by Crippen LogP contribution is -2.39. The number of nitro groups is 1. The van der Waals surface area contributed by atoms with Gasteiger partial charge < -0.3 is 15.5 Å². The normalized spacial score (nSPS) is 10.1. The zero-order valence-electron chi connectivity index (χ0n) is 15.3. The number of nitrogens with one attached hydrogen (secondary N) is 2. The third kappa shape index (κ3) is 5.53. The molecule has 142 valence electrons. The van der Waals surface area contributed by atoms with Crippen LogP contribution in [0.4, 0.5) is 17.1 Å². The molecule has 2 N–H and O–H groups in total. The molecule has 0 spiro atoms. The highest BCUT2D eigenvalue weighted by molar-refractivity contribution is 6.39. The number of aryl methyl sites for hydroxylation is 1. The fourth-order valence-corrected chi connectivity index (χ4v) is 2.53. The van der Waals surface area contributed by atoms with Gasteiger partial charge in [-0.25, -0.2) is 0 Å². The number of rotatable bonds is 7. The molecule has 8 heteroatoms. The highest BCUT2D eigenvalue weighted by Gasteiger charge is 2.17. The van der Waals surface area contributed by atoms with E-state index in [0.717, 1.165) is 5.69 Å². The summed E-state index contributed by atoms with van der Waals surface area (Å²) in [5.74, 6) is -1.66. The second-order valence-electron chi connectivity index (χ2n) is 5.92. The maximum absolute atomic E-state index is 12.0. The molecule has 0 aliphatic heterocycles. The molecule has 0 aliphatic rings. The molecule has 0 saturated carbocycles. The number of benzene rings is 2. The van der Waals surface area contributed by atoms with Crippen molar-refractivity contribution < 1.29 is 14.5 Å². The van der Waals surface area contributed by atoms with E-state index in [9.17, 15) is 19.7 Å². The first-order valence-corrected chi connectivity index (χ1v) is 8.55. The number of nitrogens with zero attached hydrogens (tertiary/aromatic N) is 2. The highest BCUT2D eigenvalue weighted by atomic mass is 16.6. The van der Waals surface area contributed by atoms with E-state index in [1.807, 2.05) is 42.3 Å². The molecule has 0 aromatic heterocycles. The maximum Gasteiger partial charge on any atom is 0.313 e. The Labute approximate surface area is 157 Å². The molecule has 0 radical (unpaired) electrons. The molecule has 0 heterocycles. The second kappa shape index (κ2) is 9.33. The minimum Gasteiger partial charge on any atom is -0.373 e. The number of carbonyl (C=O) groups is 2. The Balaban J connectivity index is 1.88. The maximum atomic E-state index is 12.0. The van der Waals surface area contributed by atoms with Crippen LogP contribution in [0.25, 0.3) is 0 Å². The summed E-state index contributed by atoms with van der Waals surface area (Å²) >= 11 is 0. The van der Waals surface area contributed by atoms with Gasteiger partial charge in [0, 0.05) is 43.1 Å². The van der Waals surface area contributed by atoms with E-state index < -0.39 is 16.7 Å². The second-order valence-corrected chi connectivity index (χ2v) is 5.92. The number of hydrogen-bond donors (Lipinski definition) is 2. The van der Waals surface area contributed by atoms with Crippen molar-refractivity contribution in [2.75, 3.05) is 30.4 Å². The molecule has 2 aromatic rings. The number of likely N-dealkylation sites (N-methyl/N-ethyl adjacent to an activating group) is 1. The van der Waals surface area contributed by atoms with E-state index in [1.165, 1.54) is 6.07 Å². The van der Waals surface area contributed by atoms with Crippen LogP contribution < -0.4 is 15.5 Å². The van der Waals surface area contributed by atoms with Crippen LogP contribution in [0.2, 0.25) is 0 Å². The summed E-state index contributed by atoms with van der Waals surface area (Å²) < 4.78 is 0. The summed E-state index contributed by atoms with van der Waals surface area (Å²) in [6.45, 7) is 2.62. The third-order valence-corrected chi connectivity index (χ3v) is 4.06. The largest absolute Gasteiger partial charge is 0.373 e. The van der Waals surface area contributed by atoms with Gasteiger partial charge in [0.15, 0.2) is 0 Å². The van der Waals surface area contributed by atoms with E-state index in [-0.39, 0.29) is 17.9 Å². The highest BCUT2D eigenvalue weighted by Crippen LogP contribution is 2.23. The third-order valence-electron chi connectivity index (χ3n) is 4.06. The van der Waals surface area contributed by atoms with Gasteiger partial charge in [0.2, 0.25) is 0 Å². The Morgan fingerprint density at radius 2 is 1.81 bits per heavy atom. The topological polar surface area (TPSA) is 105 Å². The number of hydrogen-bond acceptors (Lipinski definition) is 5.